The number of pyridine rings is 1. The average Bonchev–Trinajstić information content (AvgIpc) is 3.03. The monoisotopic (exact) mass is 423 g/mol. The molecule has 2 aromatic rings. The van der Waals surface area contributed by atoms with Crippen molar-refractivity contribution in [1.82, 2.24) is 14.8 Å². The quantitative estimate of drug-likeness (QED) is 0.396. The van der Waals surface area contributed by atoms with Gasteiger partial charge in [0, 0.05) is 32.0 Å². The van der Waals surface area contributed by atoms with Gasteiger partial charge in [0.2, 0.25) is 0 Å². The number of unbranched alkanes of at least 4 members (excludes halogenated alkanes) is 3. The molecule has 0 spiro atoms. The lowest BCUT2D eigenvalue weighted by molar-refractivity contribution is -0.137. The normalized spacial score (nSPS) is 14.0. The Kier molecular flexibility index (Phi) is 7.93. The summed E-state index contributed by atoms with van der Waals surface area (Å²) in [4.78, 5) is 34.0. The molecule has 1 aromatic carbocycles. The number of carbonyl (C=O) groups is 2. The van der Waals surface area contributed by atoms with Crippen molar-refractivity contribution in [3.63, 3.8) is 0 Å². The van der Waals surface area contributed by atoms with E-state index in [1.807, 2.05) is 24.0 Å². The Morgan fingerprint density at radius 1 is 0.935 bits per heavy atom. The van der Waals surface area contributed by atoms with Gasteiger partial charge >= 0.3 is 0 Å². The van der Waals surface area contributed by atoms with E-state index in [4.69, 9.17) is 0 Å². The summed E-state index contributed by atoms with van der Waals surface area (Å²) in [6, 6.07) is 9.71. The lowest BCUT2D eigenvalue weighted by Gasteiger charge is -2.25. The molecule has 2 heterocycles. The second kappa shape index (κ2) is 10.8. The zero-order valence-corrected chi connectivity index (χ0v) is 18.3. The zero-order chi connectivity index (χ0) is 22.2. The van der Waals surface area contributed by atoms with Crippen molar-refractivity contribution in [2.45, 2.75) is 46.0 Å². The first-order valence-electron chi connectivity index (χ1n) is 11.1. The van der Waals surface area contributed by atoms with Crippen molar-refractivity contribution < 1.29 is 14.0 Å². The number of aromatic nitrogens is 1. The third-order valence-electron chi connectivity index (χ3n) is 5.63. The first-order valence-corrected chi connectivity index (χ1v) is 11.1. The van der Waals surface area contributed by atoms with Gasteiger partial charge in [0.05, 0.1) is 5.57 Å². The number of carbonyl (C=O) groups excluding carboxylic acids is 2. The SMILES string of the molecule is CCCCCCN1C(=O)C(c2ccc(F)cc2)=C(N(CC)CCc2ccncc2)C1=O. The Bertz CT molecular complexity index is 926. The molecular formula is C25H30FN3O2. The largest absolute Gasteiger partial charge is 0.366 e. The summed E-state index contributed by atoms with van der Waals surface area (Å²) < 4.78 is 13.5. The van der Waals surface area contributed by atoms with E-state index in [-0.39, 0.29) is 17.6 Å². The Labute approximate surface area is 183 Å². The van der Waals surface area contributed by atoms with Crippen molar-refractivity contribution in [2.75, 3.05) is 19.6 Å². The van der Waals surface area contributed by atoms with E-state index in [2.05, 4.69) is 11.9 Å². The zero-order valence-electron chi connectivity index (χ0n) is 18.3. The second-order valence-corrected chi connectivity index (χ2v) is 7.74. The van der Waals surface area contributed by atoms with Crippen LogP contribution in [0.2, 0.25) is 0 Å². The molecule has 2 amide bonds. The van der Waals surface area contributed by atoms with Crippen LogP contribution in [0.3, 0.4) is 0 Å². The van der Waals surface area contributed by atoms with Crippen LogP contribution in [-0.2, 0) is 16.0 Å². The summed E-state index contributed by atoms with van der Waals surface area (Å²) in [5.74, 6) is -0.910. The van der Waals surface area contributed by atoms with Gasteiger partial charge in [-0.25, -0.2) is 4.39 Å². The molecule has 31 heavy (non-hydrogen) atoms. The van der Waals surface area contributed by atoms with Gasteiger partial charge in [-0.15, -0.1) is 0 Å². The summed E-state index contributed by atoms with van der Waals surface area (Å²) in [7, 11) is 0. The number of rotatable bonds is 11. The second-order valence-electron chi connectivity index (χ2n) is 7.74. The van der Waals surface area contributed by atoms with E-state index >= 15 is 0 Å². The number of nitrogens with zero attached hydrogens (tertiary/aromatic N) is 3. The first kappa shape index (κ1) is 22.7. The van der Waals surface area contributed by atoms with Gasteiger partial charge in [-0.2, -0.15) is 0 Å². The molecule has 6 heteroatoms. The molecule has 0 atom stereocenters. The summed E-state index contributed by atoms with van der Waals surface area (Å²) in [6.45, 7) is 5.70. The summed E-state index contributed by atoms with van der Waals surface area (Å²) in [5.41, 5.74) is 2.49. The highest BCUT2D eigenvalue weighted by Crippen LogP contribution is 2.32. The van der Waals surface area contributed by atoms with Crippen molar-refractivity contribution in [2.24, 2.45) is 0 Å². The van der Waals surface area contributed by atoms with E-state index in [1.54, 1.807) is 24.5 Å². The molecule has 0 saturated heterocycles. The lowest BCUT2D eigenvalue weighted by Crippen LogP contribution is -2.36. The number of hydrogen-bond donors (Lipinski definition) is 0. The Morgan fingerprint density at radius 3 is 2.29 bits per heavy atom. The Balaban J connectivity index is 1.90. The Morgan fingerprint density at radius 2 is 1.65 bits per heavy atom. The lowest BCUT2D eigenvalue weighted by atomic mass is 10.0. The third-order valence-corrected chi connectivity index (χ3v) is 5.63. The predicted octanol–water partition coefficient (Wildman–Crippen LogP) is 4.45. The molecule has 0 unspecified atom stereocenters. The van der Waals surface area contributed by atoms with Gasteiger partial charge < -0.3 is 4.90 Å². The van der Waals surface area contributed by atoms with E-state index in [1.165, 1.54) is 17.0 Å². The summed E-state index contributed by atoms with van der Waals surface area (Å²) >= 11 is 0. The number of likely N-dealkylation sites (N-methyl/N-ethyl adjacent to an activating group) is 1. The van der Waals surface area contributed by atoms with Crippen LogP contribution in [0.1, 0.15) is 50.7 Å². The number of imide groups is 1. The number of benzene rings is 1. The van der Waals surface area contributed by atoms with Crippen LogP contribution >= 0.6 is 0 Å². The van der Waals surface area contributed by atoms with Gasteiger partial charge in [0.1, 0.15) is 11.5 Å². The molecule has 0 N–H and O–H groups in total. The molecular weight excluding hydrogens is 393 g/mol. The van der Waals surface area contributed by atoms with Gasteiger partial charge in [0.15, 0.2) is 0 Å². The molecule has 5 nitrogen and oxygen atoms in total. The number of hydrogen-bond acceptors (Lipinski definition) is 4. The molecule has 1 aliphatic rings. The molecule has 1 aliphatic heterocycles. The van der Waals surface area contributed by atoms with Crippen molar-refractivity contribution in [3.8, 4) is 0 Å². The topological polar surface area (TPSA) is 53.5 Å². The van der Waals surface area contributed by atoms with Crippen LogP contribution in [0.15, 0.2) is 54.5 Å². The van der Waals surface area contributed by atoms with Crippen molar-refractivity contribution >= 4 is 17.4 Å². The molecule has 0 aliphatic carbocycles. The molecule has 164 valence electrons. The first-order chi connectivity index (χ1) is 15.1. The van der Waals surface area contributed by atoms with Gasteiger partial charge in [-0.1, -0.05) is 38.3 Å². The van der Waals surface area contributed by atoms with E-state index < -0.39 is 0 Å². The maximum absolute atomic E-state index is 13.5. The fraction of sp³-hybridized carbons (Fsp3) is 0.400. The minimum Gasteiger partial charge on any atom is -0.366 e. The maximum Gasteiger partial charge on any atom is 0.277 e. The molecule has 0 fully saturated rings. The maximum atomic E-state index is 13.5. The van der Waals surface area contributed by atoms with E-state index in [0.29, 0.717) is 36.5 Å². The average molecular weight is 424 g/mol. The van der Waals surface area contributed by atoms with E-state index in [0.717, 1.165) is 37.7 Å². The summed E-state index contributed by atoms with van der Waals surface area (Å²) in [6.07, 6.45) is 8.16. The fourth-order valence-electron chi connectivity index (χ4n) is 3.87. The summed E-state index contributed by atoms with van der Waals surface area (Å²) in [5, 5.41) is 0. The highest BCUT2D eigenvalue weighted by molar-refractivity contribution is 6.35. The van der Waals surface area contributed by atoms with Crippen LogP contribution < -0.4 is 0 Å². The highest BCUT2D eigenvalue weighted by atomic mass is 19.1. The number of halogens is 1. The standard InChI is InChI=1S/C25H30FN3O2/c1-3-5-6-7-17-29-24(30)22(20-8-10-21(26)11-9-20)23(25(29)31)28(4-2)18-14-19-12-15-27-16-13-19/h8-13,15-16H,3-7,14,17-18H2,1-2H3. The van der Waals surface area contributed by atoms with Crippen LogP contribution in [0.5, 0.6) is 0 Å². The van der Waals surface area contributed by atoms with Crippen molar-refractivity contribution in [3.05, 3.63) is 71.4 Å². The van der Waals surface area contributed by atoms with Crippen LogP contribution in [0.25, 0.3) is 5.57 Å². The van der Waals surface area contributed by atoms with Crippen LogP contribution in [0, 0.1) is 5.82 Å². The minimum absolute atomic E-state index is 0.252. The third kappa shape index (κ3) is 5.37. The molecule has 0 saturated carbocycles. The fourth-order valence-corrected chi connectivity index (χ4v) is 3.87. The molecule has 0 radical (unpaired) electrons. The number of amides is 2. The van der Waals surface area contributed by atoms with Crippen LogP contribution in [0.4, 0.5) is 4.39 Å². The molecule has 0 bridgehead atoms. The van der Waals surface area contributed by atoms with Gasteiger partial charge in [0.25, 0.3) is 11.8 Å². The highest BCUT2D eigenvalue weighted by Gasteiger charge is 2.40. The van der Waals surface area contributed by atoms with Gasteiger partial charge in [-0.05, 0) is 55.2 Å². The molecule has 3 rings (SSSR count). The van der Waals surface area contributed by atoms with Crippen molar-refractivity contribution in [1.29, 1.82) is 0 Å². The van der Waals surface area contributed by atoms with Crippen LogP contribution in [-0.4, -0.2) is 46.2 Å². The minimum atomic E-state index is -0.371. The van der Waals surface area contributed by atoms with Gasteiger partial charge in [-0.3, -0.25) is 19.5 Å². The smallest absolute Gasteiger partial charge is 0.277 e. The van der Waals surface area contributed by atoms with E-state index in [9.17, 15) is 14.0 Å². The predicted molar refractivity (Wildman–Crippen MR) is 119 cm³/mol. The molecule has 1 aromatic heterocycles. The Hall–Kier alpha value is -3.02.